The summed E-state index contributed by atoms with van der Waals surface area (Å²) in [5, 5.41) is 6.26. The standard InChI is InChI=1S/C10H18N2O3S/c13-10-2-1-9(7-11-10)12-8-3-5-16(14,15)6-4-8/h8-9,12H,1-7H2,(H,11,13). The van der Waals surface area contributed by atoms with Gasteiger partial charge in [0.1, 0.15) is 9.84 Å². The minimum atomic E-state index is -2.78. The Morgan fingerprint density at radius 2 is 1.81 bits per heavy atom. The Balaban J connectivity index is 1.77. The lowest BCUT2D eigenvalue weighted by Gasteiger charge is -2.30. The first-order valence-electron chi connectivity index (χ1n) is 5.78. The molecule has 2 heterocycles. The molecule has 0 saturated carbocycles. The first-order valence-corrected chi connectivity index (χ1v) is 7.60. The predicted octanol–water partition coefficient (Wildman–Crippen LogP) is -0.568. The molecular weight excluding hydrogens is 228 g/mol. The quantitative estimate of drug-likeness (QED) is 0.684. The summed E-state index contributed by atoms with van der Waals surface area (Å²) in [7, 11) is -2.78. The fourth-order valence-electron chi connectivity index (χ4n) is 2.27. The normalized spacial score (nSPS) is 31.0. The second kappa shape index (κ2) is 4.71. The van der Waals surface area contributed by atoms with Crippen LogP contribution in [0.5, 0.6) is 0 Å². The van der Waals surface area contributed by atoms with Gasteiger partial charge in [0.05, 0.1) is 11.5 Å². The molecule has 2 aliphatic rings. The number of rotatable bonds is 2. The Morgan fingerprint density at radius 1 is 1.12 bits per heavy atom. The zero-order valence-corrected chi connectivity index (χ0v) is 10.1. The fraction of sp³-hybridized carbons (Fsp3) is 0.900. The van der Waals surface area contributed by atoms with Crippen molar-refractivity contribution in [2.75, 3.05) is 18.1 Å². The van der Waals surface area contributed by atoms with Crippen LogP contribution in [0.3, 0.4) is 0 Å². The van der Waals surface area contributed by atoms with E-state index in [0.29, 0.717) is 49.4 Å². The number of sulfone groups is 1. The summed E-state index contributed by atoms with van der Waals surface area (Å²) in [6.45, 7) is 0.669. The van der Waals surface area contributed by atoms with Crippen molar-refractivity contribution in [3.8, 4) is 0 Å². The third kappa shape index (κ3) is 3.18. The van der Waals surface area contributed by atoms with Gasteiger partial charge in [0.15, 0.2) is 0 Å². The monoisotopic (exact) mass is 246 g/mol. The Hall–Kier alpha value is -0.620. The number of carbonyl (C=O) groups is 1. The van der Waals surface area contributed by atoms with Crippen LogP contribution in [0.4, 0.5) is 0 Å². The molecule has 2 aliphatic heterocycles. The third-order valence-corrected chi connectivity index (χ3v) is 5.01. The van der Waals surface area contributed by atoms with Gasteiger partial charge in [-0.3, -0.25) is 4.79 Å². The molecule has 0 aromatic carbocycles. The van der Waals surface area contributed by atoms with Crippen LogP contribution in [-0.4, -0.2) is 44.5 Å². The molecule has 0 bridgehead atoms. The first kappa shape index (κ1) is 11.9. The second-order valence-corrected chi connectivity index (χ2v) is 6.94. The molecule has 2 rings (SSSR count). The Kier molecular flexibility index (Phi) is 3.49. The van der Waals surface area contributed by atoms with Gasteiger partial charge in [0.2, 0.25) is 5.91 Å². The summed E-state index contributed by atoms with van der Waals surface area (Å²) in [5.74, 6) is 0.706. The molecule has 6 heteroatoms. The van der Waals surface area contributed by atoms with Crippen LogP contribution < -0.4 is 10.6 Å². The number of hydrogen-bond acceptors (Lipinski definition) is 4. The summed E-state index contributed by atoms with van der Waals surface area (Å²) in [6.07, 6.45) is 2.83. The smallest absolute Gasteiger partial charge is 0.220 e. The molecule has 0 spiro atoms. The van der Waals surface area contributed by atoms with Gasteiger partial charge < -0.3 is 10.6 Å². The maximum atomic E-state index is 11.2. The van der Waals surface area contributed by atoms with E-state index in [0.717, 1.165) is 6.42 Å². The molecule has 0 radical (unpaired) electrons. The lowest BCUT2D eigenvalue weighted by molar-refractivity contribution is -0.122. The van der Waals surface area contributed by atoms with E-state index < -0.39 is 9.84 Å². The van der Waals surface area contributed by atoms with Crippen molar-refractivity contribution in [3.63, 3.8) is 0 Å². The zero-order chi connectivity index (χ0) is 11.6. The van der Waals surface area contributed by atoms with E-state index in [9.17, 15) is 13.2 Å². The molecule has 92 valence electrons. The van der Waals surface area contributed by atoms with Gasteiger partial charge in [-0.15, -0.1) is 0 Å². The predicted molar refractivity (Wildman–Crippen MR) is 60.8 cm³/mol. The van der Waals surface area contributed by atoms with Crippen LogP contribution in [-0.2, 0) is 14.6 Å². The highest BCUT2D eigenvalue weighted by molar-refractivity contribution is 7.91. The lowest BCUT2D eigenvalue weighted by Crippen LogP contribution is -2.50. The summed E-state index contributed by atoms with van der Waals surface area (Å²) in [4.78, 5) is 11.0. The van der Waals surface area contributed by atoms with E-state index in [1.807, 2.05) is 0 Å². The number of carbonyl (C=O) groups excluding carboxylic acids is 1. The van der Waals surface area contributed by atoms with E-state index in [1.54, 1.807) is 0 Å². The number of amides is 1. The molecule has 1 amide bonds. The van der Waals surface area contributed by atoms with Gasteiger partial charge in [-0.1, -0.05) is 0 Å². The Morgan fingerprint density at radius 3 is 2.38 bits per heavy atom. The SMILES string of the molecule is O=C1CCC(NC2CCS(=O)(=O)CC2)CN1. The highest BCUT2D eigenvalue weighted by Gasteiger charge is 2.26. The van der Waals surface area contributed by atoms with E-state index in [-0.39, 0.29) is 5.91 Å². The van der Waals surface area contributed by atoms with Crippen molar-refractivity contribution in [3.05, 3.63) is 0 Å². The van der Waals surface area contributed by atoms with Crippen LogP contribution in [0.25, 0.3) is 0 Å². The Labute approximate surface area is 95.9 Å². The van der Waals surface area contributed by atoms with Crippen LogP contribution >= 0.6 is 0 Å². The average molecular weight is 246 g/mol. The molecule has 0 aromatic heterocycles. The molecule has 2 N–H and O–H groups in total. The Bertz CT molecular complexity index is 342. The molecule has 5 nitrogen and oxygen atoms in total. The highest BCUT2D eigenvalue weighted by Crippen LogP contribution is 2.14. The molecule has 1 atom stereocenters. The lowest BCUT2D eigenvalue weighted by atomic mass is 10.0. The summed E-state index contributed by atoms with van der Waals surface area (Å²) in [5.41, 5.74) is 0. The van der Waals surface area contributed by atoms with Crippen LogP contribution in [0.1, 0.15) is 25.7 Å². The third-order valence-electron chi connectivity index (χ3n) is 3.29. The minimum absolute atomic E-state index is 0.115. The van der Waals surface area contributed by atoms with Crippen molar-refractivity contribution in [2.24, 2.45) is 0 Å². The van der Waals surface area contributed by atoms with Crippen LogP contribution in [0.15, 0.2) is 0 Å². The van der Waals surface area contributed by atoms with Gasteiger partial charge in [0, 0.05) is 25.0 Å². The molecule has 16 heavy (non-hydrogen) atoms. The van der Waals surface area contributed by atoms with Crippen molar-refractivity contribution in [1.29, 1.82) is 0 Å². The van der Waals surface area contributed by atoms with Crippen molar-refractivity contribution in [1.82, 2.24) is 10.6 Å². The van der Waals surface area contributed by atoms with E-state index in [2.05, 4.69) is 10.6 Å². The number of hydrogen-bond donors (Lipinski definition) is 2. The van der Waals surface area contributed by atoms with Crippen molar-refractivity contribution in [2.45, 2.75) is 37.8 Å². The number of piperidine rings is 1. The van der Waals surface area contributed by atoms with Gasteiger partial charge >= 0.3 is 0 Å². The average Bonchev–Trinajstić information content (AvgIpc) is 2.24. The molecule has 0 aliphatic carbocycles. The molecular formula is C10H18N2O3S. The van der Waals surface area contributed by atoms with E-state index in [4.69, 9.17) is 0 Å². The van der Waals surface area contributed by atoms with Crippen LogP contribution in [0, 0.1) is 0 Å². The van der Waals surface area contributed by atoms with Gasteiger partial charge in [0.25, 0.3) is 0 Å². The topological polar surface area (TPSA) is 75.3 Å². The maximum Gasteiger partial charge on any atom is 0.220 e. The maximum absolute atomic E-state index is 11.2. The summed E-state index contributed by atoms with van der Waals surface area (Å²) >= 11 is 0. The minimum Gasteiger partial charge on any atom is -0.355 e. The van der Waals surface area contributed by atoms with E-state index >= 15 is 0 Å². The van der Waals surface area contributed by atoms with Crippen molar-refractivity contribution >= 4 is 15.7 Å². The van der Waals surface area contributed by atoms with Gasteiger partial charge in [-0.25, -0.2) is 8.42 Å². The van der Waals surface area contributed by atoms with Crippen molar-refractivity contribution < 1.29 is 13.2 Å². The molecule has 2 saturated heterocycles. The molecule has 0 aromatic rings. The van der Waals surface area contributed by atoms with Crippen LogP contribution in [0.2, 0.25) is 0 Å². The summed E-state index contributed by atoms with van der Waals surface area (Å²) in [6, 6.07) is 0.604. The number of nitrogens with one attached hydrogen (secondary N) is 2. The van der Waals surface area contributed by atoms with Gasteiger partial charge in [-0.2, -0.15) is 0 Å². The highest BCUT2D eigenvalue weighted by atomic mass is 32.2. The summed E-state index contributed by atoms with van der Waals surface area (Å²) < 4.78 is 22.5. The van der Waals surface area contributed by atoms with E-state index in [1.165, 1.54) is 0 Å². The second-order valence-electron chi connectivity index (χ2n) is 4.63. The first-order chi connectivity index (χ1) is 7.55. The fourth-order valence-corrected chi connectivity index (χ4v) is 3.76. The molecule has 2 fully saturated rings. The molecule has 1 unspecified atom stereocenters. The zero-order valence-electron chi connectivity index (χ0n) is 9.24. The largest absolute Gasteiger partial charge is 0.355 e. The van der Waals surface area contributed by atoms with Gasteiger partial charge in [-0.05, 0) is 19.3 Å².